The first-order chi connectivity index (χ1) is 14.5. The van der Waals surface area contributed by atoms with Crippen molar-refractivity contribution in [1.82, 2.24) is 19.6 Å². The molecule has 0 fully saturated rings. The number of oxime groups is 1. The molecule has 0 atom stereocenters. The molecule has 150 valence electrons. The number of carbonyl (C=O) groups is 1. The predicted molar refractivity (Wildman–Crippen MR) is 105 cm³/mol. The van der Waals surface area contributed by atoms with Crippen LogP contribution < -0.4 is 0 Å². The van der Waals surface area contributed by atoms with Crippen LogP contribution in [-0.4, -0.2) is 31.3 Å². The average Bonchev–Trinajstić information content (AvgIpc) is 3.21. The van der Waals surface area contributed by atoms with Crippen LogP contribution in [-0.2, 0) is 4.84 Å². The second-order valence-electron chi connectivity index (χ2n) is 6.32. The third-order valence-corrected chi connectivity index (χ3v) is 4.38. The van der Waals surface area contributed by atoms with E-state index < -0.39 is 12.4 Å². The molecule has 3 aromatic heterocycles. The second kappa shape index (κ2) is 8.16. The first-order valence-electron chi connectivity index (χ1n) is 8.93. The molecule has 0 radical (unpaired) electrons. The molecule has 1 aromatic carbocycles. The van der Waals surface area contributed by atoms with Gasteiger partial charge in [-0.25, -0.2) is 23.1 Å². The molecule has 0 amide bonds. The van der Waals surface area contributed by atoms with Crippen LogP contribution >= 0.6 is 0 Å². The summed E-state index contributed by atoms with van der Waals surface area (Å²) in [4.78, 5) is 25.8. The summed E-state index contributed by atoms with van der Waals surface area (Å²) in [6.45, 7) is 1.67. The van der Waals surface area contributed by atoms with Crippen LogP contribution in [0.3, 0.4) is 0 Å². The van der Waals surface area contributed by atoms with Gasteiger partial charge in [-0.05, 0) is 25.1 Å². The van der Waals surface area contributed by atoms with Gasteiger partial charge in [0, 0.05) is 23.5 Å². The lowest BCUT2D eigenvalue weighted by Gasteiger charge is -2.08. The highest BCUT2D eigenvalue weighted by Crippen LogP contribution is 2.26. The number of hydrogen-bond donors (Lipinski definition) is 0. The van der Waals surface area contributed by atoms with E-state index in [0.29, 0.717) is 17.0 Å². The lowest BCUT2D eigenvalue weighted by Crippen LogP contribution is -2.07. The highest BCUT2D eigenvalue weighted by Gasteiger charge is 2.22. The van der Waals surface area contributed by atoms with Gasteiger partial charge < -0.3 is 4.84 Å². The van der Waals surface area contributed by atoms with Gasteiger partial charge in [-0.2, -0.15) is 5.10 Å². The van der Waals surface area contributed by atoms with Crippen LogP contribution in [0.5, 0.6) is 0 Å². The zero-order valence-electron chi connectivity index (χ0n) is 15.7. The number of hydrogen-bond acceptors (Lipinski definition) is 6. The zero-order valence-corrected chi connectivity index (χ0v) is 15.7. The highest BCUT2D eigenvalue weighted by molar-refractivity contribution is 6.00. The van der Waals surface area contributed by atoms with Gasteiger partial charge in [-0.15, -0.1) is 0 Å². The van der Waals surface area contributed by atoms with Crippen molar-refractivity contribution in [2.24, 2.45) is 5.16 Å². The number of alkyl halides is 2. The Morgan fingerprint density at radius 2 is 1.87 bits per heavy atom. The fourth-order valence-corrected chi connectivity index (χ4v) is 2.85. The normalized spacial score (nSPS) is 11.8. The Labute approximate surface area is 169 Å². The van der Waals surface area contributed by atoms with E-state index in [9.17, 15) is 13.6 Å². The van der Waals surface area contributed by atoms with Crippen LogP contribution in [0.1, 0.15) is 35.0 Å². The maximum atomic E-state index is 13.6. The number of halogens is 2. The summed E-state index contributed by atoms with van der Waals surface area (Å²) >= 11 is 0. The summed E-state index contributed by atoms with van der Waals surface area (Å²) < 4.78 is 28.2. The summed E-state index contributed by atoms with van der Waals surface area (Å²) in [7, 11) is 0. The fourth-order valence-electron chi connectivity index (χ4n) is 2.85. The largest absolute Gasteiger partial charge is 0.371 e. The summed E-state index contributed by atoms with van der Waals surface area (Å²) in [5.74, 6) is -0.851. The van der Waals surface area contributed by atoms with E-state index in [1.807, 2.05) is 0 Å². The second-order valence-corrected chi connectivity index (χ2v) is 6.32. The number of nitrogens with zero attached hydrogens (tertiary/aromatic N) is 5. The van der Waals surface area contributed by atoms with Crippen molar-refractivity contribution >= 4 is 17.3 Å². The van der Waals surface area contributed by atoms with Gasteiger partial charge in [0.25, 0.3) is 6.43 Å². The van der Waals surface area contributed by atoms with Crippen molar-refractivity contribution in [3.8, 4) is 11.3 Å². The van der Waals surface area contributed by atoms with Crippen molar-refractivity contribution in [2.45, 2.75) is 13.3 Å². The molecule has 9 heteroatoms. The smallest absolute Gasteiger partial charge is 0.312 e. The quantitative estimate of drug-likeness (QED) is 0.280. The van der Waals surface area contributed by atoms with Crippen molar-refractivity contribution < 1.29 is 18.4 Å². The van der Waals surface area contributed by atoms with E-state index in [1.165, 1.54) is 6.07 Å². The Morgan fingerprint density at radius 1 is 1.13 bits per heavy atom. The van der Waals surface area contributed by atoms with Crippen LogP contribution in [0.15, 0.2) is 72.3 Å². The summed E-state index contributed by atoms with van der Waals surface area (Å²) in [5.41, 5.74) is 1.62. The Bertz CT molecular complexity index is 1220. The van der Waals surface area contributed by atoms with Gasteiger partial charge in [0.1, 0.15) is 11.3 Å². The molecule has 4 rings (SSSR count). The van der Waals surface area contributed by atoms with Crippen LogP contribution in [0.25, 0.3) is 16.9 Å². The van der Waals surface area contributed by atoms with E-state index in [-0.39, 0.29) is 16.9 Å². The number of rotatable bonds is 5. The molecule has 4 aromatic rings. The summed E-state index contributed by atoms with van der Waals surface area (Å²) in [5, 5.41) is 7.72. The minimum absolute atomic E-state index is 0.0339. The van der Waals surface area contributed by atoms with E-state index in [2.05, 4.69) is 20.2 Å². The Morgan fingerprint density at radius 3 is 2.57 bits per heavy atom. The number of carbonyl (C=O) groups excluding carboxylic acids is 1. The highest BCUT2D eigenvalue weighted by atomic mass is 19.3. The third-order valence-electron chi connectivity index (χ3n) is 4.38. The molecule has 0 N–H and O–H groups in total. The molecule has 3 heterocycles. The Balaban J connectivity index is 1.72. The minimum atomic E-state index is -2.81. The van der Waals surface area contributed by atoms with Gasteiger partial charge >= 0.3 is 5.97 Å². The molecule has 0 aliphatic rings. The standard InChI is InChI=1S/C21H15F2N5O2/c1-13(14-7-9-24-10-8-14)27-30-21(29)16-12-25-28-18(19(22)23)11-17(26-20(16)28)15-5-3-2-4-6-15/h2-12,19H,1H3. The molecule has 0 saturated heterocycles. The molecule has 7 nitrogen and oxygen atoms in total. The first kappa shape index (κ1) is 19.3. The lowest BCUT2D eigenvalue weighted by molar-refractivity contribution is 0.0518. The molecule has 30 heavy (non-hydrogen) atoms. The molecule has 0 unspecified atom stereocenters. The number of benzene rings is 1. The van der Waals surface area contributed by atoms with E-state index in [0.717, 1.165) is 16.3 Å². The van der Waals surface area contributed by atoms with Crippen molar-refractivity contribution in [3.05, 3.63) is 83.9 Å². The summed E-state index contributed by atoms with van der Waals surface area (Å²) in [6, 6.07) is 13.5. The zero-order chi connectivity index (χ0) is 21.1. The van der Waals surface area contributed by atoms with E-state index in [1.54, 1.807) is 61.8 Å². The number of aromatic nitrogens is 4. The topological polar surface area (TPSA) is 81.7 Å². The van der Waals surface area contributed by atoms with Crippen molar-refractivity contribution in [1.29, 1.82) is 0 Å². The maximum Gasteiger partial charge on any atom is 0.371 e. The van der Waals surface area contributed by atoms with Crippen LogP contribution in [0, 0.1) is 0 Å². The molecule has 0 saturated carbocycles. The number of fused-ring (bicyclic) bond motifs is 1. The van der Waals surface area contributed by atoms with Crippen LogP contribution in [0.4, 0.5) is 8.78 Å². The summed E-state index contributed by atoms with van der Waals surface area (Å²) in [6.07, 6.45) is 1.50. The van der Waals surface area contributed by atoms with Crippen LogP contribution in [0.2, 0.25) is 0 Å². The lowest BCUT2D eigenvalue weighted by atomic mass is 10.1. The number of pyridine rings is 1. The predicted octanol–water partition coefficient (Wildman–Crippen LogP) is 4.31. The van der Waals surface area contributed by atoms with Crippen molar-refractivity contribution in [3.63, 3.8) is 0 Å². The van der Waals surface area contributed by atoms with Gasteiger partial charge in [0.15, 0.2) is 5.65 Å². The van der Waals surface area contributed by atoms with Gasteiger partial charge in [-0.3, -0.25) is 4.98 Å². The molecular formula is C21H15F2N5O2. The molecule has 0 aliphatic carbocycles. The molecule has 0 bridgehead atoms. The molecule has 0 aliphatic heterocycles. The monoisotopic (exact) mass is 407 g/mol. The van der Waals surface area contributed by atoms with Gasteiger partial charge in [-0.1, -0.05) is 35.5 Å². The molecule has 0 spiro atoms. The first-order valence-corrected chi connectivity index (χ1v) is 8.93. The Kier molecular flexibility index (Phi) is 5.25. The van der Waals surface area contributed by atoms with E-state index >= 15 is 0 Å². The Hall–Kier alpha value is -4.01. The fraction of sp³-hybridized carbons (Fsp3) is 0.0952. The minimum Gasteiger partial charge on any atom is -0.312 e. The van der Waals surface area contributed by atoms with E-state index in [4.69, 9.17) is 4.84 Å². The van der Waals surface area contributed by atoms with Gasteiger partial charge in [0.05, 0.1) is 17.6 Å². The maximum absolute atomic E-state index is 13.6. The SMILES string of the molecule is CC(=NOC(=O)c1cnn2c(C(F)F)cc(-c3ccccc3)nc12)c1ccncc1. The van der Waals surface area contributed by atoms with Gasteiger partial charge in [0.2, 0.25) is 0 Å². The third kappa shape index (κ3) is 3.77. The van der Waals surface area contributed by atoms with Crippen molar-refractivity contribution in [2.75, 3.05) is 0 Å². The molecular weight excluding hydrogens is 392 g/mol. The average molecular weight is 407 g/mol.